The second kappa shape index (κ2) is 6.21. The van der Waals surface area contributed by atoms with Gasteiger partial charge >= 0.3 is 12.1 Å². The maximum absolute atomic E-state index is 12.0. The molecule has 0 aliphatic heterocycles. The van der Waals surface area contributed by atoms with E-state index in [2.05, 4.69) is 10.3 Å². The van der Waals surface area contributed by atoms with Crippen molar-refractivity contribution in [2.75, 3.05) is 0 Å². The predicted octanol–water partition coefficient (Wildman–Crippen LogP) is 2.67. The van der Waals surface area contributed by atoms with Crippen LogP contribution in [0.25, 0.3) is 0 Å². The molecule has 0 spiro atoms. The average molecular weight is 310 g/mol. The molecule has 0 saturated carbocycles. The van der Waals surface area contributed by atoms with Crippen LogP contribution in [0.1, 0.15) is 46.2 Å². The Bertz CT molecular complexity index is 514. The number of amides is 1. The van der Waals surface area contributed by atoms with Gasteiger partial charge in [0, 0.05) is 6.42 Å². The van der Waals surface area contributed by atoms with Crippen LogP contribution in [0, 0.1) is 6.92 Å². The Labute approximate surface area is 116 Å². The van der Waals surface area contributed by atoms with Crippen molar-refractivity contribution >= 4 is 23.2 Å². The first kappa shape index (κ1) is 16.4. The highest BCUT2D eigenvalue weighted by Gasteiger charge is 2.28. The number of aromatic carboxylic acids is 1. The van der Waals surface area contributed by atoms with E-state index in [-0.39, 0.29) is 4.88 Å². The third kappa shape index (κ3) is 4.80. The second-order valence-electron chi connectivity index (χ2n) is 4.18. The summed E-state index contributed by atoms with van der Waals surface area (Å²) in [6, 6.07) is -0.632. The van der Waals surface area contributed by atoms with E-state index in [0.29, 0.717) is 10.7 Å². The van der Waals surface area contributed by atoms with E-state index in [1.165, 1.54) is 13.8 Å². The number of carboxylic acids is 1. The number of aromatic nitrogens is 1. The Hall–Kier alpha value is -1.64. The Morgan fingerprint density at radius 1 is 1.45 bits per heavy atom. The van der Waals surface area contributed by atoms with Crippen molar-refractivity contribution in [3.05, 3.63) is 15.6 Å². The van der Waals surface area contributed by atoms with Gasteiger partial charge < -0.3 is 10.4 Å². The Balaban J connectivity index is 2.62. The molecule has 1 aromatic rings. The first-order valence-corrected chi connectivity index (χ1v) is 6.48. The molecule has 2 N–H and O–H groups in total. The Morgan fingerprint density at radius 2 is 2.05 bits per heavy atom. The highest BCUT2D eigenvalue weighted by molar-refractivity contribution is 7.13. The molecule has 0 aliphatic carbocycles. The first-order valence-electron chi connectivity index (χ1n) is 5.67. The minimum absolute atomic E-state index is 0.0522. The molecule has 0 bridgehead atoms. The van der Waals surface area contributed by atoms with E-state index in [1.54, 1.807) is 0 Å². The lowest BCUT2D eigenvalue weighted by Gasteiger charge is -2.12. The fourth-order valence-electron chi connectivity index (χ4n) is 1.43. The first-order chi connectivity index (χ1) is 9.10. The van der Waals surface area contributed by atoms with Gasteiger partial charge in [0.15, 0.2) is 0 Å². The molecule has 0 aromatic carbocycles. The zero-order valence-corrected chi connectivity index (χ0v) is 11.6. The standard InChI is InChI=1S/C11H13F3N2O3S/c1-5-8(10(18)19)20-9(16-5)6(2)15-7(17)3-4-11(12,13)14/h6H,3-4H2,1-2H3,(H,15,17)(H,18,19)/t6-/m1/s1. The van der Waals surface area contributed by atoms with Crippen LogP contribution in [0.5, 0.6) is 0 Å². The molecule has 1 atom stereocenters. The third-order valence-corrected chi connectivity index (χ3v) is 3.72. The minimum Gasteiger partial charge on any atom is -0.477 e. The number of nitrogens with one attached hydrogen (secondary N) is 1. The number of carbonyl (C=O) groups is 2. The van der Waals surface area contributed by atoms with Crippen molar-refractivity contribution in [2.24, 2.45) is 0 Å². The fraction of sp³-hybridized carbons (Fsp3) is 0.545. The number of alkyl halides is 3. The summed E-state index contributed by atoms with van der Waals surface area (Å²) in [5.41, 5.74) is 0.314. The van der Waals surface area contributed by atoms with E-state index in [9.17, 15) is 22.8 Å². The van der Waals surface area contributed by atoms with Gasteiger partial charge in [-0.2, -0.15) is 13.2 Å². The number of hydrogen-bond acceptors (Lipinski definition) is 4. The number of thiazole rings is 1. The van der Waals surface area contributed by atoms with E-state index in [4.69, 9.17) is 5.11 Å². The van der Waals surface area contributed by atoms with Gasteiger partial charge in [0.25, 0.3) is 0 Å². The quantitative estimate of drug-likeness (QED) is 0.876. The van der Waals surface area contributed by atoms with Crippen molar-refractivity contribution in [1.29, 1.82) is 0 Å². The highest BCUT2D eigenvalue weighted by Crippen LogP contribution is 2.24. The van der Waals surface area contributed by atoms with Crippen molar-refractivity contribution < 1.29 is 27.9 Å². The number of rotatable bonds is 5. The summed E-state index contributed by atoms with van der Waals surface area (Å²) in [5.74, 6) is -1.87. The molecule has 112 valence electrons. The molecule has 5 nitrogen and oxygen atoms in total. The van der Waals surface area contributed by atoms with Crippen LogP contribution < -0.4 is 5.32 Å². The summed E-state index contributed by atoms with van der Waals surface area (Å²) in [5, 5.41) is 11.6. The van der Waals surface area contributed by atoms with E-state index < -0.39 is 36.9 Å². The molecule has 0 fully saturated rings. The van der Waals surface area contributed by atoms with Crippen LogP contribution in [0.2, 0.25) is 0 Å². The Morgan fingerprint density at radius 3 is 2.50 bits per heavy atom. The number of halogens is 3. The lowest BCUT2D eigenvalue weighted by Crippen LogP contribution is -2.27. The lowest BCUT2D eigenvalue weighted by molar-refractivity contribution is -0.144. The number of carboxylic acid groups (broad SMARTS) is 1. The molecule has 20 heavy (non-hydrogen) atoms. The molecule has 1 rings (SSSR count). The highest BCUT2D eigenvalue weighted by atomic mass is 32.1. The normalized spacial score (nSPS) is 13.1. The van der Waals surface area contributed by atoms with Gasteiger partial charge in [0.05, 0.1) is 18.2 Å². The summed E-state index contributed by atoms with van der Waals surface area (Å²) in [7, 11) is 0. The third-order valence-electron chi connectivity index (χ3n) is 2.39. The predicted molar refractivity (Wildman–Crippen MR) is 65.7 cm³/mol. The van der Waals surface area contributed by atoms with Crippen LogP contribution in [0.15, 0.2) is 0 Å². The Kier molecular flexibility index (Phi) is 5.09. The molecule has 1 heterocycles. The molecular formula is C11H13F3N2O3S. The monoisotopic (exact) mass is 310 g/mol. The van der Waals surface area contributed by atoms with Gasteiger partial charge in [-0.1, -0.05) is 0 Å². The molecule has 9 heteroatoms. The maximum atomic E-state index is 12.0. The lowest BCUT2D eigenvalue weighted by atomic mass is 10.2. The summed E-state index contributed by atoms with van der Waals surface area (Å²) >= 11 is 0.894. The molecule has 1 aromatic heterocycles. The topological polar surface area (TPSA) is 79.3 Å². The molecule has 0 saturated heterocycles. The SMILES string of the molecule is Cc1nc([C@@H](C)NC(=O)CCC(F)(F)F)sc1C(=O)O. The van der Waals surface area contributed by atoms with Crippen LogP contribution >= 0.6 is 11.3 Å². The number of nitrogens with zero attached hydrogens (tertiary/aromatic N) is 1. The summed E-state index contributed by atoms with van der Waals surface area (Å²) in [4.78, 5) is 26.2. The van der Waals surface area contributed by atoms with Crippen LogP contribution in [0.4, 0.5) is 13.2 Å². The van der Waals surface area contributed by atoms with E-state index >= 15 is 0 Å². The summed E-state index contributed by atoms with van der Waals surface area (Å²) < 4.78 is 35.9. The second-order valence-corrected chi connectivity index (χ2v) is 5.21. The van der Waals surface area contributed by atoms with Crippen molar-refractivity contribution in [3.63, 3.8) is 0 Å². The largest absolute Gasteiger partial charge is 0.477 e. The average Bonchev–Trinajstić information content (AvgIpc) is 2.68. The molecule has 0 radical (unpaired) electrons. The molecule has 0 unspecified atom stereocenters. The van der Waals surface area contributed by atoms with Gasteiger partial charge in [0.2, 0.25) is 5.91 Å². The zero-order valence-electron chi connectivity index (χ0n) is 10.7. The summed E-state index contributed by atoms with van der Waals surface area (Å²) in [6.45, 7) is 3.05. The van der Waals surface area contributed by atoms with Gasteiger partial charge in [-0.15, -0.1) is 11.3 Å². The van der Waals surface area contributed by atoms with Gasteiger partial charge in [0.1, 0.15) is 9.88 Å². The smallest absolute Gasteiger partial charge is 0.389 e. The number of aryl methyl sites for hydroxylation is 1. The van der Waals surface area contributed by atoms with E-state index in [0.717, 1.165) is 11.3 Å². The maximum Gasteiger partial charge on any atom is 0.389 e. The van der Waals surface area contributed by atoms with Gasteiger partial charge in [-0.3, -0.25) is 4.79 Å². The summed E-state index contributed by atoms with van der Waals surface area (Å²) in [6.07, 6.45) is -6.23. The zero-order chi connectivity index (χ0) is 15.5. The van der Waals surface area contributed by atoms with Gasteiger partial charge in [-0.25, -0.2) is 9.78 Å². The molecule has 1 amide bonds. The fourth-order valence-corrected chi connectivity index (χ4v) is 2.34. The van der Waals surface area contributed by atoms with Crippen molar-refractivity contribution in [2.45, 2.75) is 38.9 Å². The van der Waals surface area contributed by atoms with Crippen molar-refractivity contribution in [3.8, 4) is 0 Å². The van der Waals surface area contributed by atoms with Crippen LogP contribution in [-0.2, 0) is 4.79 Å². The molecule has 0 aliphatic rings. The van der Waals surface area contributed by atoms with Crippen LogP contribution in [0.3, 0.4) is 0 Å². The molecular weight excluding hydrogens is 297 g/mol. The van der Waals surface area contributed by atoms with Crippen LogP contribution in [-0.4, -0.2) is 28.1 Å². The number of hydrogen-bond donors (Lipinski definition) is 2. The van der Waals surface area contributed by atoms with Crippen molar-refractivity contribution in [1.82, 2.24) is 10.3 Å². The minimum atomic E-state index is -4.38. The van der Waals surface area contributed by atoms with E-state index in [1.807, 2.05) is 0 Å². The van der Waals surface area contributed by atoms with Gasteiger partial charge in [-0.05, 0) is 13.8 Å². The number of carbonyl (C=O) groups excluding carboxylic acids is 1.